The first kappa shape index (κ1) is 8.43. The van der Waals surface area contributed by atoms with Crippen molar-refractivity contribution in [2.45, 2.75) is 19.5 Å². The van der Waals surface area contributed by atoms with Crippen molar-refractivity contribution in [1.29, 1.82) is 0 Å². The minimum atomic E-state index is 0.360. The van der Waals surface area contributed by atoms with Crippen LogP contribution in [0, 0.1) is 0 Å². The Balaban J connectivity index is 2.28. The molecule has 1 atom stereocenters. The largest absolute Gasteiger partial charge is 0.304 e. The Kier molecular flexibility index (Phi) is 3.26. The molecular formula is C8H12N2S. The van der Waals surface area contributed by atoms with Crippen LogP contribution in [0.5, 0.6) is 0 Å². The fraction of sp³-hybridized carbons (Fsp3) is 0.375. The van der Waals surface area contributed by atoms with Gasteiger partial charge in [-0.15, -0.1) is 17.9 Å². The van der Waals surface area contributed by atoms with Crippen LogP contribution in [0.25, 0.3) is 0 Å². The van der Waals surface area contributed by atoms with Crippen LogP contribution in [0.1, 0.15) is 11.9 Å². The summed E-state index contributed by atoms with van der Waals surface area (Å²) in [6.45, 7) is 6.59. The summed E-state index contributed by atoms with van der Waals surface area (Å²) in [4.78, 5) is 4.14. The first-order chi connectivity index (χ1) is 5.33. The Morgan fingerprint density at radius 3 is 3.27 bits per heavy atom. The average molecular weight is 168 g/mol. The number of hydrogen-bond donors (Lipinski definition) is 1. The standard InChI is InChI=1S/C8H12N2S/c1-3-7(2)10-6-8-9-4-5-11-8/h3-5,7,10H,1,6H2,2H3. The van der Waals surface area contributed by atoms with E-state index in [1.165, 1.54) is 0 Å². The SMILES string of the molecule is C=CC(C)NCc1nccs1. The second kappa shape index (κ2) is 4.26. The zero-order chi connectivity index (χ0) is 8.10. The summed E-state index contributed by atoms with van der Waals surface area (Å²) >= 11 is 1.67. The molecule has 0 aliphatic heterocycles. The maximum absolute atomic E-state index is 4.14. The molecule has 0 amide bonds. The average Bonchev–Trinajstić information content (AvgIpc) is 2.52. The normalized spacial score (nSPS) is 12.8. The molecule has 1 N–H and O–H groups in total. The van der Waals surface area contributed by atoms with Crippen molar-refractivity contribution in [3.63, 3.8) is 0 Å². The van der Waals surface area contributed by atoms with Gasteiger partial charge < -0.3 is 5.32 Å². The molecule has 11 heavy (non-hydrogen) atoms. The molecular weight excluding hydrogens is 156 g/mol. The molecule has 0 radical (unpaired) electrons. The van der Waals surface area contributed by atoms with E-state index in [1.54, 1.807) is 11.3 Å². The van der Waals surface area contributed by atoms with Gasteiger partial charge in [0.15, 0.2) is 0 Å². The zero-order valence-corrected chi connectivity index (χ0v) is 7.40. The molecule has 1 aromatic heterocycles. The molecule has 1 heterocycles. The van der Waals surface area contributed by atoms with Gasteiger partial charge in [-0.25, -0.2) is 4.98 Å². The second-order valence-electron chi connectivity index (χ2n) is 2.33. The first-order valence-corrected chi connectivity index (χ1v) is 4.45. The number of nitrogens with one attached hydrogen (secondary N) is 1. The van der Waals surface area contributed by atoms with Crippen molar-refractivity contribution in [3.05, 3.63) is 29.2 Å². The van der Waals surface area contributed by atoms with Crippen LogP contribution < -0.4 is 5.32 Å². The fourth-order valence-corrected chi connectivity index (χ4v) is 1.24. The van der Waals surface area contributed by atoms with E-state index in [9.17, 15) is 0 Å². The Morgan fingerprint density at radius 1 is 1.91 bits per heavy atom. The molecule has 0 aromatic carbocycles. The lowest BCUT2D eigenvalue weighted by Crippen LogP contribution is -2.22. The summed E-state index contributed by atoms with van der Waals surface area (Å²) in [5.41, 5.74) is 0. The topological polar surface area (TPSA) is 24.9 Å². The van der Waals surface area contributed by atoms with E-state index in [1.807, 2.05) is 17.7 Å². The highest BCUT2D eigenvalue weighted by Crippen LogP contribution is 2.02. The third kappa shape index (κ3) is 2.82. The molecule has 60 valence electrons. The third-order valence-corrected chi connectivity index (χ3v) is 2.19. The van der Waals surface area contributed by atoms with Gasteiger partial charge >= 0.3 is 0 Å². The Hall–Kier alpha value is -0.670. The van der Waals surface area contributed by atoms with Crippen molar-refractivity contribution < 1.29 is 0 Å². The summed E-state index contributed by atoms with van der Waals surface area (Å²) in [5, 5.41) is 6.37. The summed E-state index contributed by atoms with van der Waals surface area (Å²) in [5.74, 6) is 0. The van der Waals surface area contributed by atoms with Gasteiger partial charge in [0.05, 0.1) is 0 Å². The smallest absolute Gasteiger partial charge is 0.106 e. The third-order valence-electron chi connectivity index (χ3n) is 1.41. The van der Waals surface area contributed by atoms with Gasteiger partial charge in [0.2, 0.25) is 0 Å². The van der Waals surface area contributed by atoms with Gasteiger partial charge in [-0.1, -0.05) is 6.08 Å². The van der Waals surface area contributed by atoms with E-state index in [-0.39, 0.29) is 0 Å². The second-order valence-corrected chi connectivity index (χ2v) is 3.31. The predicted octanol–water partition coefficient (Wildman–Crippen LogP) is 1.81. The molecule has 3 heteroatoms. The quantitative estimate of drug-likeness (QED) is 0.693. The van der Waals surface area contributed by atoms with E-state index in [2.05, 4.69) is 23.8 Å². The first-order valence-electron chi connectivity index (χ1n) is 3.57. The Labute approximate surface area is 71.0 Å². The highest BCUT2D eigenvalue weighted by molar-refractivity contribution is 7.09. The number of nitrogens with zero attached hydrogens (tertiary/aromatic N) is 1. The zero-order valence-electron chi connectivity index (χ0n) is 6.58. The minimum absolute atomic E-state index is 0.360. The van der Waals surface area contributed by atoms with Gasteiger partial charge in [0.1, 0.15) is 5.01 Å². The van der Waals surface area contributed by atoms with Gasteiger partial charge in [-0.05, 0) is 6.92 Å². The maximum atomic E-state index is 4.14. The predicted molar refractivity (Wildman–Crippen MR) is 48.6 cm³/mol. The molecule has 0 aliphatic rings. The lowest BCUT2D eigenvalue weighted by atomic mass is 10.3. The minimum Gasteiger partial charge on any atom is -0.304 e. The van der Waals surface area contributed by atoms with Crippen LogP contribution in [0.15, 0.2) is 24.2 Å². The number of hydrogen-bond acceptors (Lipinski definition) is 3. The molecule has 0 aliphatic carbocycles. The highest BCUT2D eigenvalue weighted by Gasteiger charge is 1.96. The van der Waals surface area contributed by atoms with Crippen LogP contribution in [-0.4, -0.2) is 11.0 Å². The van der Waals surface area contributed by atoms with Crippen LogP contribution in [0.3, 0.4) is 0 Å². The van der Waals surface area contributed by atoms with Gasteiger partial charge in [0.25, 0.3) is 0 Å². The Bertz CT molecular complexity index is 206. The van der Waals surface area contributed by atoms with Gasteiger partial charge in [-0.3, -0.25) is 0 Å². The summed E-state index contributed by atoms with van der Waals surface area (Å²) in [6.07, 6.45) is 3.70. The van der Waals surface area contributed by atoms with Crippen LogP contribution in [0.4, 0.5) is 0 Å². The van der Waals surface area contributed by atoms with Crippen molar-refractivity contribution in [3.8, 4) is 0 Å². The van der Waals surface area contributed by atoms with Crippen LogP contribution in [0.2, 0.25) is 0 Å². The van der Waals surface area contributed by atoms with E-state index in [0.717, 1.165) is 11.6 Å². The molecule has 0 saturated carbocycles. The van der Waals surface area contributed by atoms with E-state index < -0.39 is 0 Å². The molecule has 1 rings (SSSR count). The number of rotatable bonds is 4. The van der Waals surface area contributed by atoms with Gasteiger partial charge in [0, 0.05) is 24.2 Å². The van der Waals surface area contributed by atoms with Crippen molar-refractivity contribution in [2.24, 2.45) is 0 Å². The van der Waals surface area contributed by atoms with E-state index in [0.29, 0.717) is 6.04 Å². The van der Waals surface area contributed by atoms with Crippen LogP contribution in [-0.2, 0) is 6.54 Å². The molecule has 0 fully saturated rings. The fourth-order valence-electron chi connectivity index (χ4n) is 0.672. The monoisotopic (exact) mass is 168 g/mol. The molecule has 0 spiro atoms. The summed E-state index contributed by atoms with van der Waals surface area (Å²) < 4.78 is 0. The van der Waals surface area contributed by atoms with Crippen molar-refractivity contribution in [2.75, 3.05) is 0 Å². The summed E-state index contributed by atoms with van der Waals surface area (Å²) in [7, 11) is 0. The molecule has 0 bridgehead atoms. The molecule has 1 aromatic rings. The van der Waals surface area contributed by atoms with Crippen LogP contribution >= 0.6 is 11.3 Å². The molecule has 0 saturated heterocycles. The summed E-state index contributed by atoms with van der Waals surface area (Å²) in [6, 6.07) is 0.360. The van der Waals surface area contributed by atoms with E-state index >= 15 is 0 Å². The number of thiazole rings is 1. The van der Waals surface area contributed by atoms with E-state index in [4.69, 9.17) is 0 Å². The lowest BCUT2D eigenvalue weighted by Gasteiger charge is -2.05. The highest BCUT2D eigenvalue weighted by atomic mass is 32.1. The van der Waals surface area contributed by atoms with Crippen molar-refractivity contribution >= 4 is 11.3 Å². The molecule has 2 nitrogen and oxygen atoms in total. The molecule has 1 unspecified atom stereocenters. The Morgan fingerprint density at radius 2 is 2.73 bits per heavy atom. The van der Waals surface area contributed by atoms with Crippen molar-refractivity contribution in [1.82, 2.24) is 10.3 Å². The number of aromatic nitrogens is 1. The van der Waals surface area contributed by atoms with Gasteiger partial charge in [-0.2, -0.15) is 0 Å². The maximum Gasteiger partial charge on any atom is 0.106 e. The lowest BCUT2D eigenvalue weighted by molar-refractivity contribution is 0.632.